The molecule has 0 bridgehead atoms. The van der Waals surface area contributed by atoms with Crippen molar-refractivity contribution in [3.8, 4) is 0 Å². The number of aliphatic hydroxyl groups excluding tert-OH is 1. The summed E-state index contributed by atoms with van der Waals surface area (Å²) in [7, 11) is 0. The number of anilines is 1. The van der Waals surface area contributed by atoms with Crippen LogP contribution in [0, 0.1) is 0 Å². The van der Waals surface area contributed by atoms with E-state index in [1.165, 1.54) is 0 Å². The maximum Gasteiger partial charge on any atom is 0.335 e. The molecule has 2 aromatic carbocycles. The Hall–Kier alpha value is -1.85. The molecular formula is C18H20BrNO3. The number of para-hydroxylation sites is 1. The van der Waals surface area contributed by atoms with Gasteiger partial charge in [0.1, 0.15) is 0 Å². The fraction of sp³-hybridized carbons (Fsp3) is 0.278. The van der Waals surface area contributed by atoms with Gasteiger partial charge < -0.3 is 15.2 Å². The number of hydrogen-bond donors (Lipinski definition) is 2. The number of hydrogen-bond acceptors (Lipinski definition) is 4. The predicted molar refractivity (Wildman–Crippen MR) is 94.2 cm³/mol. The number of rotatable bonds is 7. The number of halogens is 1. The molecule has 2 rings (SSSR count). The fourth-order valence-electron chi connectivity index (χ4n) is 2.29. The number of benzene rings is 2. The second-order valence-electron chi connectivity index (χ2n) is 5.09. The van der Waals surface area contributed by atoms with Crippen molar-refractivity contribution in [1.29, 1.82) is 0 Å². The first-order valence-electron chi connectivity index (χ1n) is 7.52. The van der Waals surface area contributed by atoms with E-state index in [4.69, 9.17) is 4.74 Å². The van der Waals surface area contributed by atoms with Crippen molar-refractivity contribution in [2.45, 2.75) is 25.5 Å². The summed E-state index contributed by atoms with van der Waals surface area (Å²) in [6, 6.07) is 17.2. The average Bonchev–Trinajstić information content (AvgIpc) is 2.57. The number of esters is 1. The van der Waals surface area contributed by atoms with Crippen LogP contribution in [-0.4, -0.2) is 23.8 Å². The van der Waals surface area contributed by atoms with E-state index in [9.17, 15) is 9.90 Å². The molecule has 0 aromatic heterocycles. The number of carbonyl (C=O) groups excluding carboxylic acids is 1. The van der Waals surface area contributed by atoms with E-state index in [1.54, 1.807) is 6.92 Å². The molecule has 4 nitrogen and oxygen atoms in total. The Kier molecular flexibility index (Phi) is 6.62. The molecule has 5 heteroatoms. The van der Waals surface area contributed by atoms with Crippen molar-refractivity contribution < 1.29 is 14.6 Å². The van der Waals surface area contributed by atoms with Crippen LogP contribution in [0.1, 0.15) is 24.9 Å². The molecular weight excluding hydrogens is 358 g/mol. The van der Waals surface area contributed by atoms with Gasteiger partial charge in [-0.3, -0.25) is 0 Å². The van der Waals surface area contributed by atoms with Gasteiger partial charge in [-0.15, -0.1) is 0 Å². The fourth-order valence-corrected chi connectivity index (χ4v) is 2.69. The number of aliphatic hydroxyl groups is 1. The van der Waals surface area contributed by atoms with Crippen LogP contribution in [0.2, 0.25) is 0 Å². The molecule has 0 amide bonds. The third-order valence-corrected chi connectivity index (χ3v) is 4.11. The third-order valence-electron chi connectivity index (χ3n) is 3.42. The standard InChI is InChI=1S/C18H20BrNO3/c1-2-23-18(22)17(21)12-16(13-8-4-3-5-9-13)20-15-11-7-6-10-14(15)19/h3-11,16-17,20-21H,2,12H2,1H3. The van der Waals surface area contributed by atoms with Crippen LogP contribution in [0.15, 0.2) is 59.1 Å². The minimum absolute atomic E-state index is 0.214. The maximum atomic E-state index is 11.7. The van der Waals surface area contributed by atoms with Crippen molar-refractivity contribution in [2.24, 2.45) is 0 Å². The lowest BCUT2D eigenvalue weighted by Crippen LogP contribution is -2.27. The van der Waals surface area contributed by atoms with Crippen molar-refractivity contribution in [2.75, 3.05) is 11.9 Å². The molecule has 0 saturated heterocycles. The summed E-state index contributed by atoms with van der Waals surface area (Å²) in [5.41, 5.74) is 1.89. The Morgan fingerprint density at radius 3 is 2.48 bits per heavy atom. The molecule has 0 saturated carbocycles. The van der Waals surface area contributed by atoms with Gasteiger partial charge in [0.15, 0.2) is 6.10 Å². The van der Waals surface area contributed by atoms with Crippen LogP contribution in [0.3, 0.4) is 0 Å². The van der Waals surface area contributed by atoms with Crippen molar-refractivity contribution in [3.05, 3.63) is 64.6 Å². The molecule has 122 valence electrons. The second-order valence-corrected chi connectivity index (χ2v) is 5.95. The van der Waals surface area contributed by atoms with Crippen LogP contribution in [0.25, 0.3) is 0 Å². The van der Waals surface area contributed by atoms with Gasteiger partial charge in [0, 0.05) is 16.6 Å². The van der Waals surface area contributed by atoms with Crippen LogP contribution < -0.4 is 5.32 Å². The zero-order chi connectivity index (χ0) is 16.7. The normalized spacial score (nSPS) is 13.2. The molecule has 0 aliphatic rings. The van der Waals surface area contributed by atoms with Crippen LogP contribution in [0.5, 0.6) is 0 Å². The summed E-state index contributed by atoms with van der Waals surface area (Å²) in [5, 5.41) is 13.5. The molecule has 2 unspecified atom stereocenters. The molecule has 0 aliphatic heterocycles. The first-order chi connectivity index (χ1) is 11.1. The summed E-state index contributed by atoms with van der Waals surface area (Å²) >= 11 is 3.50. The molecule has 2 atom stereocenters. The molecule has 0 fully saturated rings. The van der Waals surface area contributed by atoms with Crippen molar-refractivity contribution >= 4 is 27.6 Å². The van der Waals surface area contributed by atoms with E-state index >= 15 is 0 Å². The monoisotopic (exact) mass is 377 g/mol. The van der Waals surface area contributed by atoms with Gasteiger partial charge in [0.25, 0.3) is 0 Å². The Labute approximate surface area is 144 Å². The first kappa shape index (κ1) is 17.5. The van der Waals surface area contributed by atoms with Gasteiger partial charge in [0.05, 0.1) is 12.6 Å². The molecule has 2 aromatic rings. The topological polar surface area (TPSA) is 58.6 Å². The highest BCUT2D eigenvalue weighted by Gasteiger charge is 2.23. The van der Waals surface area contributed by atoms with Crippen molar-refractivity contribution in [1.82, 2.24) is 0 Å². The Morgan fingerprint density at radius 2 is 1.83 bits per heavy atom. The van der Waals surface area contributed by atoms with Crippen molar-refractivity contribution in [3.63, 3.8) is 0 Å². The smallest absolute Gasteiger partial charge is 0.335 e. The van der Waals surface area contributed by atoms with Gasteiger partial charge in [-0.2, -0.15) is 0 Å². The van der Waals surface area contributed by atoms with E-state index in [-0.39, 0.29) is 19.1 Å². The number of ether oxygens (including phenoxy) is 1. The Bertz CT molecular complexity index is 633. The average molecular weight is 378 g/mol. The van der Waals surface area contributed by atoms with Gasteiger partial charge in [-0.1, -0.05) is 42.5 Å². The minimum Gasteiger partial charge on any atom is -0.464 e. The molecule has 2 N–H and O–H groups in total. The highest BCUT2D eigenvalue weighted by Crippen LogP contribution is 2.29. The largest absolute Gasteiger partial charge is 0.464 e. The predicted octanol–water partition coefficient (Wildman–Crippen LogP) is 3.92. The van der Waals surface area contributed by atoms with Gasteiger partial charge >= 0.3 is 5.97 Å². The first-order valence-corrected chi connectivity index (χ1v) is 8.31. The van der Waals surface area contributed by atoms with Crippen LogP contribution in [0.4, 0.5) is 5.69 Å². The Balaban J connectivity index is 2.19. The SMILES string of the molecule is CCOC(=O)C(O)CC(Nc1ccccc1Br)c1ccccc1. The lowest BCUT2D eigenvalue weighted by atomic mass is 10.00. The number of carbonyl (C=O) groups is 1. The Morgan fingerprint density at radius 1 is 1.17 bits per heavy atom. The van der Waals surface area contributed by atoms with Gasteiger partial charge in [-0.25, -0.2) is 4.79 Å². The molecule has 23 heavy (non-hydrogen) atoms. The zero-order valence-electron chi connectivity index (χ0n) is 12.9. The van der Waals surface area contributed by atoms with Crippen LogP contribution in [-0.2, 0) is 9.53 Å². The summed E-state index contributed by atoms with van der Waals surface area (Å²) < 4.78 is 5.81. The molecule has 0 radical (unpaired) electrons. The van der Waals surface area contributed by atoms with Gasteiger partial charge in [-0.05, 0) is 40.5 Å². The molecule has 0 spiro atoms. The second kappa shape index (κ2) is 8.70. The van der Waals surface area contributed by atoms with Gasteiger partial charge in [0.2, 0.25) is 0 Å². The van der Waals surface area contributed by atoms with E-state index in [0.29, 0.717) is 0 Å². The summed E-state index contributed by atoms with van der Waals surface area (Å²) in [6.45, 7) is 1.97. The minimum atomic E-state index is -1.17. The van der Waals surface area contributed by atoms with E-state index in [1.807, 2.05) is 54.6 Å². The summed E-state index contributed by atoms with van der Waals surface area (Å²) in [6.07, 6.45) is -0.945. The lowest BCUT2D eigenvalue weighted by Gasteiger charge is -2.23. The zero-order valence-corrected chi connectivity index (χ0v) is 14.5. The highest BCUT2D eigenvalue weighted by atomic mass is 79.9. The quantitative estimate of drug-likeness (QED) is 0.718. The third kappa shape index (κ3) is 5.08. The van der Waals surface area contributed by atoms with E-state index < -0.39 is 12.1 Å². The number of nitrogens with one attached hydrogen (secondary N) is 1. The highest BCUT2D eigenvalue weighted by molar-refractivity contribution is 9.10. The van der Waals surface area contributed by atoms with E-state index in [2.05, 4.69) is 21.2 Å². The van der Waals surface area contributed by atoms with Crippen LogP contribution >= 0.6 is 15.9 Å². The lowest BCUT2D eigenvalue weighted by molar-refractivity contribution is -0.153. The molecule has 0 heterocycles. The van der Waals surface area contributed by atoms with E-state index in [0.717, 1.165) is 15.7 Å². The molecule has 0 aliphatic carbocycles. The summed E-state index contributed by atoms with van der Waals surface area (Å²) in [4.78, 5) is 11.7. The maximum absolute atomic E-state index is 11.7. The summed E-state index contributed by atoms with van der Waals surface area (Å²) in [5.74, 6) is -0.595.